The summed E-state index contributed by atoms with van der Waals surface area (Å²) < 4.78 is 0. The number of nitrogen functional groups attached to an aromatic ring is 1. The number of rotatable bonds is 5. The molecule has 2 aromatic carbocycles. The molecule has 8 N–H and O–H groups in total. The number of H-pyrrole nitrogens is 1. The molecular weight excluding hydrogens is 326 g/mol. The molecule has 1 heterocycles. The number of aromatic nitrogens is 1. The monoisotopic (exact) mass is 349 g/mol. The van der Waals surface area contributed by atoms with Crippen molar-refractivity contribution >= 4 is 28.2 Å². The number of benzene rings is 2. The van der Waals surface area contributed by atoms with Crippen LogP contribution in [-0.4, -0.2) is 17.4 Å². The summed E-state index contributed by atoms with van der Waals surface area (Å²) in [5.74, 6) is -0.386. The predicted molar refractivity (Wildman–Crippen MR) is 107 cm³/mol. The fraction of sp³-hybridized carbons (Fsp3) is 0.150. The average molecular weight is 349 g/mol. The van der Waals surface area contributed by atoms with Crippen molar-refractivity contribution in [2.24, 2.45) is 11.5 Å². The Balaban J connectivity index is 2.02. The summed E-state index contributed by atoms with van der Waals surface area (Å²) in [4.78, 5) is 15.2. The second-order valence-electron chi connectivity index (χ2n) is 6.13. The van der Waals surface area contributed by atoms with E-state index in [9.17, 15) is 4.79 Å². The lowest BCUT2D eigenvalue weighted by atomic mass is 9.97. The second-order valence-corrected chi connectivity index (χ2v) is 6.13. The smallest absolute Gasteiger partial charge is 0.269 e. The Morgan fingerprint density at radius 3 is 2.73 bits per heavy atom. The Kier molecular flexibility index (Phi) is 4.84. The van der Waals surface area contributed by atoms with Crippen LogP contribution in [0.4, 0.5) is 5.69 Å². The second kappa shape index (κ2) is 7.23. The molecular formula is C20H23N5O. The van der Waals surface area contributed by atoms with Crippen molar-refractivity contribution < 1.29 is 4.79 Å². The van der Waals surface area contributed by atoms with Crippen molar-refractivity contribution in [2.75, 3.05) is 12.3 Å². The molecule has 0 aliphatic heterocycles. The maximum atomic E-state index is 12.1. The normalized spacial score (nSPS) is 12.0. The van der Waals surface area contributed by atoms with E-state index >= 15 is 0 Å². The van der Waals surface area contributed by atoms with Gasteiger partial charge < -0.3 is 27.5 Å². The van der Waals surface area contributed by atoms with Crippen LogP contribution in [0.15, 0.2) is 54.4 Å². The van der Waals surface area contributed by atoms with E-state index in [1.165, 1.54) is 0 Å². The zero-order valence-corrected chi connectivity index (χ0v) is 14.7. The van der Waals surface area contributed by atoms with Crippen molar-refractivity contribution in [3.05, 3.63) is 59.9 Å². The van der Waals surface area contributed by atoms with Gasteiger partial charge in [0.05, 0.1) is 5.70 Å². The summed E-state index contributed by atoms with van der Waals surface area (Å²) in [6.07, 6.45) is 2.71. The van der Waals surface area contributed by atoms with Crippen LogP contribution in [0.5, 0.6) is 0 Å². The standard InChI is InChI=1S/C20H23N5O/c1-2-9-25-20(26)19(23)18(22)15-5-3-4-14(17(15)21)12-6-7-16-13(11-12)8-10-24-16/h3-8,10-11,24H,2,9,21-23H2,1H3,(H,25,26)/b19-18+. The van der Waals surface area contributed by atoms with Gasteiger partial charge in [-0.3, -0.25) is 4.79 Å². The number of carbonyl (C=O) groups is 1. The summed E-state index contributed by atoms with van der Waals surface area (Å²) in [7, 11) is 0. The molecule has 1 aromatic heterocycles. The van der Waals surface area contributed by atoms with E-state index < -0.39 is 0 Å². The molecule has 0 bridgehead atoms. The van der Waals surface area contributed by atoms with E-state index in [2.05, 4.69) is 16.4 Å². The first-order valence-corrected chi connectivity index (χ1v) is 8.52. The van der Waals surface area contributed by atoms with Crippen molar-refractivity contribution in [1.29, 1.82) is 0 Å². The van der Waals surface area contributed by atoms with E-state index in [1.54, 1.807) is 6.07 Å². The third-order valence-electron chi connectivity index (χ3n) is 4.33. The van der Waals surface area contributed by atoms with Crippen LogP contribution in [-0.2, 0) is 4.79 Å². The molecule has 3 aromatic rings. The van der Waals surface area contributed by atoms with Gasteiger partial charge in [0, 0.05) is 35.1 Å². The largest absolute Gasteiger partial charge is 0.398 e. The molecule has 0 atom stereocenters. The molecule has 0 spiro atoms. The van der Waals surface area contributed by atoms with Gasteiger partial charge in [-0.1, -0.05) is 31.2 Å². The summed E-state index contributed by atoms with van der Waals surface area (Å²) in [5.41, 5.74) is 22.5. The van der Waals surface area contributed by atoms with Gasteiger partial charge in [-0.2, -0.15) is 0 Å². The zero-order valence-electron chi connectivity index (χ0n) is 14.7. The summed E-state index contributed by atoms with van der Waals surface area (Å²) in [6, 6.07) is 13.6. The lowest BCUT2D eigenvalue weighted by Crippen LogP contribution is -2.31. The molecule has 1 amide bonds. The summed E-state index contributed by atoms with van der Waals surface area (Å²) in [5, 5.41) is 3.81. The molecule has 0 saturated heterocycles. The van der Waals surface area contributed by atoms with Crippen molar-refractivity contribution in [3.63, 3.8) is 0 Å². The van der Waals surface area contributed by atoms with Crippen LogP contribution in [0, 0.1) is 0 Å². The van der Waals surface area contributed by atoms with Crippen LogP contribution in [0.25, 0.3) is 27.7 Å². The summed E-state index contributed by atoms with van der Waals surface area (Å²) in [6.45, 7) is 2.51. The number of nitrogens with one attached hydrogen (secondary N) is 2. The van der Waals surface area contributed by atoms with E-state index in [-0.39, 0.29) is 17.3 Å². The summed E-state index contributed by atoms with van der Waals surface area (Å²) >= 11 is 0. The number of carbonyl (C=O) groups excluding carboxylic acids is 1. The highest BCUT2D eigenvalue weighted by atomic mass is 16.2. The molecule has 6 heteroatoms. The third-order valence-corrected chi connectivity index (χ3v) is 4.33. The van der Waals surface area contributed by atoms with Crippen LogP contribution < -0.4 is 22.5 Å². The minimum absolute atomic E-state index is 0.0246. The number of fused-ring (bicyclic) bond motifs is 1. The zero-order chi connectivity index (χ0) is 18.7. The molecule has 6 nitrogen and oxygen atoms in total. The molecule has 0 aliphatic rings. The van der Waals surface area contributed by atoms with Crippen molar-refractivity contribution in [1.82, 2.24) is 10.3 Å². The molecule has 3 rings (SSSR count). The Morgan fingerprint density at radius 2 is 1.96 bits per heavy atom. The van der Waals surface area contributed by atoms with Gasteiger partial charge in [-0.15, -0.1) is 0 Å². The van der Waals surface area contributed by atoms with Crippen LogP contribution in [0.3, 0.4) is 0 Å². The lowest BCUT2D eigenvalue weighted by molar-refractivity contribution is -0.117. The fourth-order valence-electron chi connectivity index (χ4n) is 2.87. The minimum atomic E-state index is -0.386. The first-order chi connectivity index (χ1) is 12.5. The van der Waals surface area contributed by atoms with Crippen LogP contribution in [0.2, 0.25) is 0 Å². The number of anilines is 1. The van der Waals surface area contributed by atoms with Gasteiger partial charge in [0.15, 0.2) is 0 Å². The molecule has 0 saturated carbocycles. The number of nitrogens with two attached hydrogens (primary N) is 3. The highest BCUT2D eigenvalue weighted by Crippen LogP contribution is 2.32. The predicted octanol–water partition coefficient (Wildman–Crippen LogP) is 2.53. The number of hydrogen-bond donors (Lipinski definition) is 5. The van der Waals surface area contributed by atoms with Gasteiger partial charge in [-0.05, 0) is 35.6 Å². The average Bonchev–Trinajstić information content (AvgIpc) is 3.12. The molecule has 0 fully saturated rings. The maximum absolute atomic E-state index is 12.1. The molecule has 26 heavy (non-hydrogen) atoms. The van der Waals surface area contributed by atoms with Gasteiger partial charge in [0.25, 0.3) is 5.91 Å². The Morgan fingerprint density at radius 1 is 1.15 bits per heavy atom. The third kappa shape index (κ3) is 3.21. The highest BCUT2D eigenvalue weighted by molar-refractivity contribution is 6.02. The van der Waals surface area contributed by atoms with E-state index in [4.69, 9.17) is 17.2 Å². The molecule has 0 radical (unpaired) electrons. The Bertz CT molecular complexity index is 987. The molecule has 134 valence electrons. The number of aromatic amines is 1. The fourth-order valence-corrected chi connectivity index (χ4v) is 2.87. The van der Waals surface area contributed by atoms with Crippen LogP contribution >= 0.6 is 0 Å². The van der Waals surface area contributed by atoms with E-state index in [1.807, 2.05) is 43.5 Å². The maximum Gasteiger partial charge on any atom is 0.269 e. The molecule has 0 unspecified atom stereocenters. The lowest BCUT2D eigenvalue weighted by Gasteiger charge is -2.14. The Hall–Kier alpha value is -3.41. The van der Waals surface area contributed by atoms with Crippen molar-refractivity contribution in [2.45, 2.75) is 13.3 Å². The Labute approximate surface area is 152 Å². The van der Waals surface area contributed by atoms with E-state index in [0.717, 1.165) is 28.5 Å². The van der Waals surface area contributed by atoms with E-state index in [0.29, 0.717) is 17.8 Å². The first kappa shape index (κ1) is 17.4. The topological polar surface area (TPSA) is 123 Å². The minimum Gasteiger partial charge on any atom is -0.398 e. The quantitative estimate of drug-likeness (QED) is 0.359. The number of amides is 1. The molecule has 0 aliphatic carbocycles. The van der Waals surface area contributed by atoms with Gasteiger partial charge in [0.2, 0.25) is 0 Å². The SMILES string of the molecule is CCCNC(=O)/C(N)=C(\N)c1cccc(-c2ccc3[nH]ccc3c2)c1N. The number of para-hydroxylation sites is 1. The van der Waals surface area contributed by atoms with Gasteiger partial charge in [-0.25, -0.2) is 0 Å². The number of hydrogen-bond acceptors (Lipinski definition) is 4. The van der Waals surface area contributed by atoms with Crippen molar-refractivity contribution in [3.8, 4) is 11.1 Å². The highest BCUT2D eigenvalue weighted by Gasteiger charge is 2.15. The first-order valence-electron chi connectivity index (χ1n) is 8.52. The van der Waals surface area contributed by atoms with Crippen LogP contribution in [0.1, 0.15) is 18.9 Å². The van der Waals surface area contributed by atoms with Gasteiger partial charge in [0.1, 0.15) is 5.70 Å². The van der Waals surface area contributed by atoms with Gasteiger partial charge >= 0.3 is 0 Å².